The molecule has 1 heterocycles. The van der Waals surface area contributed by atoms with Crippen molar-refractivity contribution in [3.63, 3.8) is 0 Å². The maximum absolute atomic E-state index is 6.35. The number of benzene rings is 2. The van der Waals surface area contributed by atoms with Gasteiger partial charge in [-0.15, -0.1) is 11.3 Å². The van der Waals surface area contributed by atoms with Crippen LogP contribution in [-0.2, 0) is 13.0 Å². The highest BCUT2D eigenvalue weighted by Crippen LogP contribution is 2.35. The summed E-state index contributed by atoms with van der Waals surface area (Å²) >= 11 is 8.02. The van der Waals surface area contributed by atoms with Crippen LogP contribution in [-0.4, -0.2) is 18.6 Å². The predicted molar refractivity (Wildman–Crippen MR) is 106 cm³/mol. The minimum atomic E-state index is 0.520. The van der Waals surface area contributed by atoms with Crippen LogP contribution < -0.4 is 10.1 Å². The van der Waals surface area contributed by atoms with Crippen LogP contribution in [0.1, 0.15) is 16.1 Å². The van der Waals surface area contributed by atoms with Gasteiger partial charge in [-0.05, 0) is 37.2 Å². The van der Waals surface area contributed by atoms with E-state index in [4.69, 9.17) is 21.3 Å². The Hall–Kier alpha value is -1.88. The van der Waals surface area contributed by atoms with Gasteiger partial charge in [0.15, 0.2) is 0 Å². The monoisotopic (exact) mass is 372 g/mol. The van der Waals surface area contributed by atoms with Gasteiger partial charge in [0.1, 0.15) is 12.4 Å². The summed E-state index contributed by atoms with van der Waals surface area (Å²) in [5.74, 6) is 0.816. The molecule has 5 heteroatoms. The van der Waals surface area contributed by atoms with E-state index >= 15 is 0 Å². The van der Waals surface area contributed by atoms with E-state index in [1.54, 1.807) is 11.3 Å². The fraction of sp³-hybridized carbons (Fsp3) is 0.250. The standard InChI is InChI=1S/C20H21ClN2OS/c1-14-10-19(24-12-15-6-4-3-5-7-15)16(11-17(14)21)18-13-25-20(23-18)8-9-22-2/h3-7,10-11,13,22H,8-9,12H2,1-2H3. The summed E-state index contributed by atoms with van der Waals surface area (Å²) in [6.07, 6.45) is 0.918. The molecule has 0 saturated carbocycles. The number of aromatic nitrogens is 1. The minimum absolute atomic E-state index is 0.520. The number of aryl methyl sites for hydroxylation is 1. The fourth-order valence-corrected chi connectivity index (χ4v) is 3.45. The van der Waals surface area contributed by atoms with Crippen molar-refractivity contribution in [2.45, 2.75) is 20.0 Å². The molecule has 3 nitrogen and oxygen atoms in total. The third kappa shape index (κ3) is 4.60. The molecule has 0 spiro atoms. The van der Waals surface area contributed by atoms with Gasteiger partial charge in [0.2, 0.25) is 0 Å². The van der Waals surface area contributed by atoms with Crippen molar-refractivity contribution >= 4 is 22.9 Å². The molecule has 0 aliphatic rings. The van der Waals surface area contributed by atoms with E-state index in [2.05, 4.69) is 22.8 Å². The second-order valence-electron chi connectivity index (χ2n) is 5.85. The first-order valence-electron chi connectivity index (χ1n) is 8.23. The summed E-state index contributed by atoms with van der Waals surface area (Å²) in [6, 6.07) is 14.1. The average molecular weight is 373 g/mol. The first kappa shape index (κ1) is 17.9. The smallest absolute Gasteiger partial charge is 0.129 e. The van der Waals surface area contributed by atoms with Gasteiger partial charge < -0.3 is 10.1 Å². The Kier molecular flexibility index (Phi) is 6.08. The van der Waals surface area contributed by atoms with Gasteiger partial charge >= 0.3 is 0 Å². The lowest BCUT2D eigenvalue weighted by molar-refractivity contribution is 0.307. The average Bonchev–Trinajstić information content (AvgIpc) is 3.10. The van der Waals surface area contributed by atoms with Crippen molar-refractivity contribution in [1.82, 2.24) is 10.3 Å². The minimum Gasteiger partial charge on any atom is -0.488 e. The van der Waals surface area contributed by atoms with Crippen molar-refractivity contribution in [2.24, 2.45) is 0 Å². The number of ether oxygens (including phenoxy) is 1. The van der Waals surface area contributed by atoms with Crippen LogP contribution in [0.3, 0.4) is 0 Å². The molecule has 25 heavy (non-hydrogen) atoms. The predicted octanol–water partition coefficient (Wildman–Crippen LogP) is 5.11. The molecule has 130 valence electrons. The Morgan fingerprint density at radius 1 is 1.20 bits per heavy atom. The lowest BCUT2D eigenvalue weighted by atomic mass is 10.1. The Morgan fingerprint density at radius 2 is 2.00 bits per heavy atom. The summed E-state index contributed by atoms with van der Waals surface area (Å²) in [5, 5.41) is 7.06. The van der Waals surface area contributed by atoms with Crippen LogP contribution in [0.4, 0.5) is 0 Å². The molecule has 1 N–H and O–H groups in total. The van der Waals surface area contributed by atoms with Crippen molar-refractivity contribution in [3.8, 4) is 17.0 Å². The van der Waals surface area contributed by atoms with E-state index in [-0.39, 0.29) is 0 Å². The molecule has 0 saturated heterocycles. The second-order valence-corrected chi connectivity index (χ2v) is 7.20. The molecule has 0 aliphatic carbocycles. The Bertz CT molecular complexity index is 833. The molecular weight excluding hydrogens is 352 g/mol. The van der Waals surface area contributed by atoms with Crippen molar-refractivity contribution < 1.29 is 4.74 Å². The van der Waals surface area contributed by atoms with Gasteiger partial charge in [-0.2, -0.15) is 0 Å². The van der Waals surface area contributed by atoms with Gasteiger partial charge in [0.25, 0.3) is 0 Å². The molecule has 2 aromatic carbocycles. The van der Waals surface area contributed by atoms with Crippen LogP contribution in [0.5, 0.6) is 5.75 Å². The van der Waals surface area contributed by atoms with E-state index in [0.29, 0.717) is 6.61 Å². The first-order valence-corrected chi connectivity index (χ1v) is 9.49. The maximum atomic E-state index is 6.35. The Labute approximate surface area is 157 Å². The molecule has 0 unspecified atom stereocenters. The molecular formula is C20H21ClN2OS. The van der Waals surface area contributed by atoms with E-state index in [1.807, 2.05) is 44.3 Å². The van der Waals surface area contributed by atoms with Crippen LogP contribution in [0.25, 0.3) is 11.3 Å². The quantitative estimate of drug-likeness (QED) is 0.625. The summed E-state index contributed by atoms with van der Waals surface area (Å²) in [7, 11) is 1.95. The van der Waals surface area contributed by atoms with Crippen LogP contribution >= 0.6 is 22.9 Å². The normalized spacial score (nSPS) is 10.8. The van der Waals surface area contributed by atoms with E-state index in [9.17, 15) is 0 Å². The van der Waals surface area contributed by atoms with Crippen LogP contribution in [0.15, 0.2) is 47.8 Å². The lowest BCUT2D eigenvalue weighted by Gasteiger charge is -2.12. The molecule has 3 aromatic rings. The van der Waals surface area contributed by atoms with E-state index in [1.165, 1.54) is 0 Å². The van der Waals surface area contributed by atoms with Crippen molar-refractivity contribution in [3.05, 3.63) is 69.0 Å². The molecule has 0 amide bonds. The van der Waals surface area contributed by atoms with Gasteiger partial charge in [-0.1, -0.05) is 41.9 Å². The zero-order chi connectivity index (χ0) is 17.6. The Balaban J connectivity index is 1.87. The third-order valence-electron chi connectivity index (χ3n) is 3.91. The first-order chi connectivity index (χ1) is 12.2. The topological polar surface area (TPSA) is 34.2 Å². The highest BCUT2D eigenvalue weighted by Gasteiger charge is 2.13. The summed E-state index contributed by atoms with van der Waals surface area (Å²) < 4.78 is 6.10. The SMILES string of the molecule is CNCCc1nc(-c2cc(Cl)c(C)cc2OCc2ccccc2)cs1. The summed E-state index contributed by atoms with van der Waals surface area (Å²) in [5.41, 5.74) is 3.99. The number of nitrogens with zero attached hydrogens (tertiary/aromatic N) is 1. The molecule has 0 aliphatic heterocycles. The molecule has 3 rings (SSSR count). The van der Waals surface area contributed by atoms with E-state index in [0.717, 1.165) is 51.1 Å². The molecule has 0 fully saturated rings. The second kappa shape index (κ2) is 8.48. The number of likely N-dealkylation sites (N-methyl/N-ethyl adjacent to an activating group) is 1. The lowest BCUT2D eigenvalue weighted by Crippen LogP contribution is -2.09. The van der Waals surface area contributed by atoms with Gasteiger partial charge in [-0.25, -0.2) is 4.98 Å². The summed E-state index contributed by atoms with van der Waals surface area (Å²) in [6.45, 7) is 3.42. The largest absolute Gasteiger partial charge is 0.488 e. The van der Waals surface area contributed by atoms with E-state index < -0.39 is 0 Å². The van der Waals surface area contributed by atoms with Crippen molar-refractivity contribution in [1.29, 1.82) is 0 Å². The zero-order valence-electron chi connectivity index (χ0n) is 14.4. The third-order valence-corrected chi connectivity index (χ3v) is 5.23. The number of halogens is 1. The van der Waals surface area contributed by atoms with Gasteiger partial charge in [-0.3, -0.25) is 0 Å². The molecule has 0 atom stereocenters. The van der Waals surface area contributed by atoms with Crippen LogP contribution in [0.2, 0.25) is 5.02 Å². The van der Waals surface area contributed by atoms with Gasteiger partial charge in [0, 0.05) is 28.9 Å². The highest BCUT2D eigenvalue weighted by molar-refractivity contribution is 7.09. The number of nitrogens with one attached hydrogen (secondary N) is 1. The Morgan fingerprint density at radius 3 is 2.76 bits per heavy atom. The van der Waals surface area contributed by atoms with Crippen LogP contribution in [0, 0.1) is 6.92 Å². The fourth-order valence-electron chi connectivity index (χ4n) is 2.49. The number of hydrogen-bond acceptors (Lipinski definition) is 4. The molecule has 1 aromatic heterocycles. The zero-order valence-corrected chi connectivity index (χ0v) is 16.0. The molecule has 0 bridgehead atoms. The van der Waals surface area contributed by atoms with Gasteiger partial charge in [0.05, 0.1) is 10.7 Å². The molecule has 0 radical (unpaired) electrons. The maximum Gasteiger partial charge on any atom is 0.129 e. The summed E-state index contributed by atoms with van der Waals surface area (Å²) in [4.78, 5) is 4.74. The number of thiazole rings is 1. The highest BCUT2D eigenvalue weighted by atomic mass is 35.5. The number of hydrogen-bond donors (Lipinski definition) is 1. The number of rotatable bonds is 7. The van der Waals surface area contributed by atoms with Crippen molar-refractivity contribution in [2.75, 3.05) is 13.6 Å².